The molecule has 2 saturated heterocycles. The van der Waals surface area contributed by atoms with Crippen molar-refractivity contribution in [2.24, 2.45) is 5.92 Å². The van der Waals surface area contributed by atoms with E-state index in [-0.39, 0.29) is 17.9 Å². The van der Waals surface area contributed by atoms with Crippen molar-refractivity contribution in [3.63, 3.8) is 0 Å². The van der Waals surface area contributed by atoms with Crippen LogP contribution in [0, 0.1) is 5.92 Å². The van der Waals surface area contributed by atoms with E-state index in [4.69, 9.17) is 0 Å². The molecule has 2 aliphatic rings. The summed E-state index contributed by atoms with van der Waals surface area (Å²) < 4.78 is 0. The number of thiophene rings is 1. The van der Waals surface area contributed by atoms with Gasteiger partial charge in [-0.1, -0.05) is 6.07 Å². The number of carbonyl (C=O) groups excluding carboxylic acids is 2. The first-order valence-corrected chi connectivity index (χ1v) is 9.91. The van der Waals surface area contributed by atoms with Gasteiger partial charge in [0.05, 0.1) is 6.04 Å². The SMILES string of the molecule is O=C(NC[C@H]1CCCN(C(=O)CCc2cccs2)C1)[C@@H]1CCCN1. The number of aryl methyl sites for hydroxylation is 1. The maximum atomic E-state index is 12.4. The Morgan fingerprint density at radius 2 is 2.25 bits per heavy atom. The lowest BCUT2D eigenvalue weighted by Gasteiger charge is -2.33. The molecule has 0 aromatic carbocycles. The van der Waals surface area contributed by atoms with Crippen molar-refractivity contribution in [2.45, 2.75) is 44.6 Å². The molecule has 0 unspecified atom stereocenters. The molecule has 2 aliphatic heterocycles. The Hall–Kier alpha value is -1.40. The highest BCUT2D eigenvalue weighted by atomic mass is 32.1. The number of hydrogen-bond acceptors (Lipinski definition) is 4. The second-order valence-electron chi connectivity index (χ2n) is 6.82. The van der Waals surface area contributed by atoms with Crippen LogP contribution in [0.5, 0.6) is 0 Å². The van der Waals surface area contributed by atoms with Gasteiger partial charge in [-0.15, -0.1) is 11.3 Å². The van der Waals surface area contributed by atoms with Crippen molar-refractivity contribution in [3.05, 3.63) is 22.4 Å². The molecule has 0 bridgehead atoms. The van der Waals surface area contributed by atoms with Crippen LogP contribution in [0.4, 0.5) is 0 Å². The van der Waals surface area contributed by atoms with Gasteiger partial charge in [-0.05, 0) is 56.0 Å². The average molecular weight is 350 g/mol. The molecule has 1 aromatic heterocycles. The minimum Gasteiger partial charge on any atom is -0.354 e. The van der Waals surface area contributed by atoms with Gasteiger partial charge in [-0.2, -0.15) is 0 Å². The quantitative estimate of drug-likeness (QED) is 0.823. The van der Waals surface area contributed by atoms with Crippen LogP contribution in [0.1, 0.15) is 37.0 Å². The van der Waals surface area contributed by atoms with E-state index in [2.05, 4.69) is 22.1 Å². The van der Waals surface area contributed by atoms with E-state index in [0.717, 1.165) is 51.7 Å². The Morgan fingerprint density at radius 3 is 3.00 bits per heavy atom. The number of piperidine rings is 1. The van der Waals surface area contributed by atoms with E-state index >= 15 is 0 Å². The lowest BCUT2D eigenvalue weighted by Crippen LogP contribution is -2.46. The first kappa shape index (κ1) is 17.4. The molecule has 5 nitrogen and oxygen atoms in total. The lowest BCUT2D eigenvalue weighted by atomic mass is 9.97. The normalized spacial score (nSPS) is 24.1. The summed E-state index contributed by atoms with van der Waals surface area (Å²) in [5.41, 5.74) is 0. The predicted octanol–water partition coefficient (Wildman–Crippen LogP) is 1.79. The van der Waals surface area contributed by atoms with Crippen LogP contribution in [0.15, 0.2) is 17.5 Å². The molecule has 0 spiro atoms. The van der Waals surface area contributed by atoms with Gasteiger partial charge in [0, 0.05) is 30.9 Å². The van der Waals surface area contributed by atoms with Gasteiger partial charge in [-0.25, -0.2) is 0 Å². The van der Waals surface area contributed by atoms with Crippen LogP contribution < -0.4 is 10.6 Å². The van der Waals surface area contributed by atoms with Gasteiger partial charge in [0.2, 0.25) is 11.8 Å². The van der Waals surface area contributed by atoms with Gasteiger partial charge in [0.1, 0.15) is 0 Å². The standard InChI is InChI=1S/C18H27N3O2S/c22-17(8-7-15-5-3-11-24-15)21-10-2-4-14(13-21)12-20-18(23)16-6-1-9-19-16/h3,5,11,14,16,19H,1-2,4,6-10,12-13H2,(H,20,23)/t14-,16+/m1/s1. The molecule has 2 atom stereocenters. The number of hydrogen-bond donors (Lipinski definition) is 2. The molecule has 0 aliphatic carbocycles. The van der Waals surface area contributed by atoms with Crippen molar-refractivity contribution in [1.82, 2.24) is 15.5 Å². The largest absolute Gasteiger partial charge is 0.354 e. The van der Waals surface area contributed by atoms with E-state index in [1.54, 1.807) is 11.3 Å². The topological polar surface area (TPSA) is 61.4 Å². The summed E-state index contributed by atoms with van der Waals surface area (Å²) in [4.78, 5) is 27.8. The summed E-state index contributed by atoms with van der Waals surface area (Å²) in [6, 6.07) is 4.10. The second kappa shape index (κ2) is 8.62. The summed E-state index contributed by atoms with van der Waals surface area (Å²) in [5.74, 6) is 0.750. The van der Waals surface area contributed by atoms with Crippen molar-refractivity contribution in [2.75, 3.05) is 26.2 Å². The zero-order valence-electron chi connectivity index (χ0n) is 14.1. The fourth-order valence-electron chi connectivity index (χ4n) is 3.58. The highest BCUT2D eigenvalue weighted by Gasteiger charge is 2.26. The monoisotopic (exact) mass is 349 g/mol. The number of amides is 2. The van der Waals surface area contributed by atoms with E-state index in [1.165, 1.54) is 4.88 Å². The molecule has 2 amide bonds. The van der Waals surface area contributed by atoms with Crippen molar-refractivity contribution in [1.29, 1.82) is 0 Å². The minimum absolute atomic E-state index is 0.0166. The maximum Gasteiger partial charge on any atom is 0.237 e. The molecule has 0 radical (unpaired) electrons. The summed E-state index contributed by atoms with van der Waals surface area (Å²) >= 11 is 1.71. The van der Waals surface area contributed by atoms with Crippen LogP contribution in [0.2, 0.25) is 0 Å². The third-order valence-corrected chi connectivity index (χ3v) is 5.92. The van der Waals surface area contributed by atoms with Crippen LogP contribution >= 0.6 is 11.3 Å². The van der Waals surface area contributed by atoms with Gasteiger partial charge in [-0.3, -0.25) is 9.59 Å². The number of nitrogens with zero attached hydrogens (tertiary/aromatic N) is 1. The Bertz CT molecular complexity index is 540. The summed E-state index contributed by atoms with van der Waals surface area (Å²) in [6.07, 6.45) is 5.56. The maximum absolute atomic E-state index is 12.4. The first-order valence-electron chi connectivity index (χ1n) is 9.03. The fraction of sp³-hybridized carbons (Fsp3) is 0.667. The number of likely N-dealkylation sites (tertiary alicyclic amines) is 1. The molecule has 2 fully saturated rings. The zero-order valence-corrected chi connectivity index (χ0v) is 14.9. The Kier molecular flexibility index (Phi) is 6.26. The average Bonchev–Trinajstić information content (AvgIpc) is 3.31. The van der Waals surface area contributed by atoms with Crippen LogP contribution in [-0.2, 0) is 16.0 Å². The highest BCUT2D eigenvalue weighted by molar-refractivity contribution is 7.09. The number of rotatable bonds is 6. The molecule has 132 valence electrons. The molecule has 1 aromatic rings. The third-order valence-electron chi connectivity index (χ3n) is 4.98. The van der Waals surface area contributed by atoms with Crippen LogP contribution in [0.25, 0.3) is 0 Å². The molecule has 24 heavy (non-hydrogen) atoms. The van der Waals surface area contributed by atoms with Gasteiger partial charge in [0.25, 0.3) is 0 Å². The minimum atomic E-state index is -0.0166. The Balaban J connectivity index is 1.40. The summed E-state index contributed by atoms with van der Waals surface area (Å²) in [6.45, 7) is 3.26. The van der Waals surface area contributed by atoms with E-state index < -0.39 is 0 Å². The molecular weight excluding hydrogens is 322 g/mol. The van der Waals surface area contributed by atoms with E-state index in [0.29, 0.717) is 18.9 Å². The molecular formula is C18H27N3O2S. The number of carbonyl (C=O) groups is 2. The van der Waals surface area contributed by atoms with Gasteiger partial charge in [0.15, 0.2) is 0 Å². The van der Waals surface area contributed by atoms with Gasteiger partial charge >= 0.3 is 0 Å². The van der Waals surface area contributed by atoms with Gasteiger partial charge < -0.3 is 15.5 Å². The van der Waals surface area contributed by atoms with E-state index in [9.17, 15) is 9.59 Å². The third kappa shape index (κ3) is 4.80. The van der Waals surface area contributed by atoms with Crippen molar-refractivity contribution >= 4 is 23.2 Å². The fourth-order valence-corrected chi connectivity index (χ4v) is 4.29. The molecule has 2 N–H and O–H groups in total. The summed E-state index contributed by atoms with van der Waals surface area (Å²) in [5, 5.41) is 8.35. The van der Waals surface area contributed by atoms with Crippen molar-refractivity contribution in [3.8, 4) is 0 Å². The summed E-state index contributed by atoms with van der Waals surface area (Å²) in [7, 11) is 0. The number of nitrogens with one attached hydrogen (secondary N) is 2. The molecule has 0 saturated carbocycles. The predicted molar refractivity (Wildman–Crippen MR) is 96.0 cm³/mol. The van der Waals surface area contributed by atoms with Crippen LogP contribution in [-0.4, -0.2) is 48.9 Å². The lowest BCUT2D eigenvalue weighted by molar-refractivity contribution is -0.132. The Labute approximate surface area is 147 Å². The smallest absolute Gasteiger partial charge is 0.237 e. The highest BCUT2D eigenvalue weighted by Crippen LogP contribution is 2.18. The first-order chi connectivity index (χ1) is 11.7. The zero-order chi connectivity index (χ0) is 16.8. The molecule has 6 heteroatoms. The molecule has 3 rings (SSSR count). The van der Waals surface area contributed by atoms with Crippen LogP contribution in [0.3, 0.4) is 0 Å². The second-order valence-corrected chi connectivity index (χ2v) is 7.85. The van der Waals surface area contributed by atoms with E-state index in [1.807, 2.05) is 11.0 Å². The Morgan fingerprint density at radius 1 is 1.33 bits per heavy atom. The molecule has 3 heterocycles. The van der Waals surface area contributed by atoms with Crippen molar-refractivity contribution < 1.29 is 9.59 Å².